The zero-order valence-electron chi connectivity index (χ0n) is 22.3. The number of pyridine rings is 1. The van der Waals surface area contributed by atoms with Gasteiger partial charge in [0.1, 0.15) is 12.1 Å². The Morgan fingerprint density at radius 1 is 1.14 bits per heavy atom. The molecule has 1 saturated carbocycles. The molecular weight excluding hydrogens is 476 g/mol. The number of carbonyl (C=O) groups excluding carboxylic acids is 3. The van der Waals surface area contributed by atoms with Crippen LogP contribution in [0.15, 0.2) is 30.5 Å². The Morgan fingerprint density at radius 2 is 1.86 bits per heavy atom. The van der Waals surface area contributed by atoms with E-state index in [9.17, 15) is 14.4 Å². The van der Waals surface area contributed by atoms with E-state index >= 15 is 0 Å². The average molecular weight is 513 g/mol. The minimum atomic E-state index is -0.939. The molecule has 0 radical (unpaired) electrons. The van der Waals surface area contributed by atoms with Crippen LogP contribution in [0, 0.1) is 19.8 Å². The van der Waals surface area contributed by atoms with Gasteiger partial charge in [-0.15, -0.1) is 0 Å². The summed E-state index contributed by atoms with van der Waals surface area (Å²) in [6, 6.07) is 6.95. The lowest BCUT2D eigenvalue weighted by Crippen LogP contribution is -2.42. The number of carbonyl (C=O) groups is 3. The molecule has 1 aromatic heterocycles. The number of aryl methyl sites for hydroxylation is 2. The first kappa shape index (κ1) is 28.0. The molecule has 37 heavy (non-hydrogen) atoms. The van der Waals surface area contributed by atoms with Crippen LogP contribution in [-0.2, 0) is 19.1 Å². The van der Waals surface area contributed by atoms with E-state index in [1.165, 1.54) is 49.4 Å². The molecule has 3 atom stereocenters. The Balaban J connectivity index is 1.70. The van der Waals surface area contributed by atoms with Crippen molar-refractivity contribution in [3.63, 3.8) is 0 Å². The van der Waals surface area contributed by atoms with Gasteiger partial charge in [-0.2, -0.15) is 0 Å². The van der Waals surface area contributed by atoms with Gasteiger partial charge in [-0.3, -0.25) is 9.59 Å². The van der Waals surface area contributed by atoms with Crippen molar-refractivity contribution in [3.05, 3.63) is 52.8 Å². The number of aromatic nitrogens is 1. The van der Waals surface area contributed by atoms with Crippen LogP contribution in [0.25, 0.3) is 0 Å². The van der Waals surface area contributed by atoms with Gasteiger partial charge >= 0.3 is 11.9 Å². The van der Waals surface area contributed by atoms with Crippen molar-refractivity contribution in [2.45, 2.75) is 71.9 Å². The van der Waals surface area contributed by atoms with Gasteiger partial charge in [0.15, 0.2) is 17.2 Å². The van der Waals surface area contributed by atoms with Crippen LogP contribution in [0.4, 0.5) is 0 Å². The molecule has 9 nitrogen and oxygen atoms in total. The summed E-state index contributed by atoms with van der Waals surface area (Å²) in [6.07, 6.45) is 4.39. The van der Waals surface area contributed by atoms with Crippen LogP contribution < -0.4 is 14.8 Å². The number of hydrogen-bond donors (Lipinski definition) is 1. The highest BCUT2D eigenvalue weighted by atomic mass is 16.7. The Hall–Kier alpha value is -3.62. The van der Waals surface area contributed by atoms with E-state index in [4.69, 9.17) is 18.9 Å². The van der Waals surface area contributed by atoms with E-state index in [0.717, 1.165) is 12.8 Å². The topological polar surface area (TPSA) is 113 Å². The lowest BCUT2D eigenvalue weighted by Gasteiger charge is -2.38. The van der Waals surface area contributed by atoms with Crippen molar-refractivity contribution in [2.24, 2.45) is 5.92 Å². The highest BCUT2D eigenvalue weighted by Crippen LogP contribution is 2.43. The fraction of sp³-hybridized carbons (Fsp3) is 0.500. The van der Waals surface area contributed by atoms with Gasteiger partial charge in [0.25, 0.3) is 5.91 Å². The minimum Gasteiger partial charge on any atom is -0.493 e. The molecule has 1 N–H and O–H groups in total. The molecule has 1 aromatic carbocycles. The molecule has 3 rings (SSSR count). The molecule has 1 fully saturated rings. The first-order chi connectivity index (χ1) is 17.6. The second kappa shape index (κ2) is 12.6. The van der Waals surface area contributed by atoms with Crippen molar-refractivity contribution in [2.75, 3.05) is 13.9 Å². The molecular formula is C28H36N2O7. The molecule has 1 aliphatic rings. The van der Waals surface area contributed by atoms with Gasteiger partial charge in [0.05, 0.1) is 7.11 Å². The summed E-state index contributed by atoms with van der Waals surface area (Å²) in [5, 5.41) is 2.63. The zero-order chi connectivity index (χ0) is 27.1. The Labute approximate surface area is 217 Å². The summed E-state index contributed by atoms with van der Waals surface area (Å²) in [4.78, 5) is 41.2. The second-order valence-electron chi connectivity index (χ2n) is 9.50. The molecule has 0 unspecified atom stereocenters. The van der Waals surface area contributed by atoms with E-state index < -0.39 is 30.7 Å². The van der Waals surface area contributed by atoms with Gasteiger partial charge in [0, 0.05) is 25.1 Å². The Bertz CT molecular complexity index is 1130. The molecule has 9 heteroatoms. The predicted octanol–water partition coefficient (Wildman–Crippen LogP) is 4.24. The smallest absolute Gasteiger partial charge is 0.328 e. The van der Waals surface area contributed by atoms with Gasteiger partial charge < -0.3 is 24.3 Å². The lowest BCUT2D eigenvalue weighted by molar-refractivity contribution is -0.152. The molecule has 0 bridgehead atoms. The summed E-state index contributed by atoms with van der Waals surface area (Å²) >= 11 is 0. The highest BCUT2D eigenvalue weighted by Gasteiger charge is 2.36. The van der Waals surface area contributed by atoms with Crippen LogP contribution in [0.1, 0.15) is 73.1 Å². The van der Waals surface area contributed by atoms with Crippen LogP contribution in [0.3, 0.4) is 0 Å². The van der Waals surface area contributed by atoms with Crippen molar-refractivity contribution in [3.8, 4) is 11.5 Å². The van der Waals surface area contributed by atoms with Crippen molar-refractivity contribution in [1.82, 2.24) is 10.3 Å². The van der Waals surface area contributed by atoms with Crippen molar-refractivity contribution >= 4 is 17.8 Å². The normalized spacial score (nSPS) is 15.5. The average Bonchev–Trinajstić information content (AvgIpc) is 2.81. The SMILES string of the molecule is COc1ccnc(C(=O)N[C@@H](C)C(=O)O[C@@H](C)[C@@H](c2ccc(C)cc2C)C2CCC2)c1OCOC(C)=O. The molecule has 2 aromatic rings. The maximum atomic E-state index is 13.0. The van der Waals surface area contributed by atoms with E-state index in [-0.39, 0.29) is 29.2 Å². The molecule has 0 spiro atoms. The third-order valence-electron chi connectivity index (χ3n) is 6.72. The van der Waals surface area contributed by atoms with E-state index in [0.29, 0.717) is 5.92 Å². The third-order valence-corrected chi connectivity index (χ3v) is 6.72. The van der Waals surface area contributed by atoms with E-state index in [1.807, 2.05) is 6.92 Å². The number of ether oxygens (including phenoxy) is 4. The van der Waals surface area contributed by atoms with Crippen LogP contribution in [0.2, 0.25) is 0 Å². The number of rotatable bonds is 11. The summed E-state index contributed by atoms with van der Waals surface area (Å²) in [5.41, 5.74) is 3.47. The van der Waals surface area contributed by atoms with Gasteiger partial charge in [-0.1, -0.05) is 30.2 Å². The summed E-state index contributed by atoms with van der Waals surface area (Å²) < 4.78 is 21.4. The predicted molar refractivity (Wildman–Crippen MR) is 137 cm³/mol. The number of hydrogen-bond acceptors (Lipinski definition) is 8. The quantitative estimate of drug-likeness (QED) is 0.351. The zero-order valence-corrected chi connectivity index (χ0v) is 22.3. The van der Waals surface area contributed by atoms with Gasteiger partial charge in [0.2, 0.25) is 6.79 Å². The summed E-state index contributed by atoms with van der Waals surface area (Å²) in [6.45, 7) is 8.44. The molecule has 0 aliphatic heterocycles. The highest BCUT2D eigenvalue weighted by molar-refractivity contribution is 5.98. The summed E-state index contributed by atoms with van der Waals surface area (Å²) in [7, 11) is 1.41. The fourth-order valence-corrected chi connectivity index (χ4v) is 4.64. The van der Waals surface area contributed by atoms with Gasteiger partial charge in [-0.25, -0.2) is 9.78 Å². The molecule has 1 heterocycles. The first-order valence-electron chi connectivity index (χ1n) is 12.5. The number of benzene rings is 1. The largest absolute Gasteiger partial charge is 0.493 e. The maximum absolute atomic E-state index is 13.0. The lowest BCUT2D eigenvalue weighted by atomic mass is 9.70. The number of nitrogens with one attached hydrogen (secondary N) is 1. The maximum Gasteiger partial charge on any atom is 0.328 e. The number of nitrogens with zero attached hydrogens (tertiary/aromatic N) is 1. The number of esters is 2. The molecule has 0 saturated heterocycles. The van der Waals surface area contributed by atoms with Gasteiger partial charge in [-0.05, 0) is 57.6 Å². The second-order valence-corrected chi connectivity index (χ2v) is 9.50. The van der Waals surface area contributed by atoms with E-state index in [1.54, 1.807) is 6.92 Å². The monoisotopic (exact) mass is 512 g/mol. The third kappa shape index (κ3) is 6.99. The minimum absolute atomic E-state index is 0.00224. The molecule has 1 aliphatic carbocycles. The standard InChI is InChI=1S/C28H36N2O7/c1-16-10-11-22(17(2)14-16)24(21-8-7-9-21)19(4)37-28(33)18(3)30-27(32)25-26(36-15-35-20(5)31)23(34-6)12-13-29-25/h10-14,18-19,21,24H,7-9,15H2,1-6H3,(H,30,32)/t18-,19-,24+/m0/s1. The number of amides is 1. The summed E-state index contributed by atoms with van der Waals surface area (Å²) in [5.74, 6) is -0.973. The van der Waals surface area contributed by atoms with Crippen LogP contribution >= 0.6 is 0 Å². The fourth-order valence-electron chi connectivity index (χ4n) is 4.64. The Morgan fingerprint density at radius 3 is 2.46 bits per heavy atom. The van der Waals surface area contributed by atoms with Crippen LogP contribution in [0.5, 0.6) is 11.5 Å². The molecule has 200 valence electrons. The Kier molecular flexibility index (Phi) is 9.49. The first-order valence-corrected chi connectivity index (χ1v) is 12.5. The van der Waals surface area contributed by atoms with Crippen molar-refractivity contribution in [1.29, 1.82) is 0 Å². The molecule has 1 amide bonds. The number of methoxy groups -OCH3 is 1. The van der Waals surface area contributed by atoms with Crippen molar-refractivity contribution < 1.29 is 33.3 Å². The van der Waals surface area contributed by atoms with Crippen LogP contribution in [-0.4, -0.2) is 48.9 Å². The van der Waals surface area contributed by atoms with E-state index in [2.05, 4.69) is 42.3 Å².